The van der Waals surface area contributed by atoms with Crippen LogP contribution in [0.25, 0.3) is 0 Å². The predicted octanol–water partition coefficient (Wildman–Crippen LogP) is 0.601. The third-order valence-electron chi connectivity index (χ3n) is 3.14. The Morgan fingerprint density at radius 2 is 2.47 bits per heavy atom. The van der Waals surface area contributed by atoms with Gasteiger partial charge in [0.05, 0.1) is 7.11 Å². The molecule has 0 aliphatic heterocycles. The van der Waals surface area contributed by atoms with Crippen molar-refractivity contribution in [3.05, 3.63) is 29.6 Å². The molecule has 0 spiro atoms. The van der Waals surface area contributed by atoms with Gasteiger partial charge >= 0.3 is 5.97 Å². The van der Waals surface area contributed by atoms with Crippen molar-refractivity contribution in [1.29, 1.82) is 0 Å². The van der Waals surface area contributed by atoms with Crippen molar-refractivity contribution in [2.75, 3.05) is 7.11 Å². The fraction of sp³-hybridized carbons (Fsp3) is 0.455. The normalized spacial score (nSPS) is 28.6. The van der Waals surface area contributed by atoms with Gasteiger partial charge in [0.25, 0.3) is 0 Å². The van der Waals surface area contributed by atoms with Gasteiger partial charge < -0.3 is 10.5 Å². The topological polar surface area (TPSA) is 65.2 Å². The lowest BCUT2D eigenvalue weighted by molar-refractivity contribution is -0.149. The minimum Gasteiger partial charge on any atom is -0.467 e. The number of methoxy groups -OCH3 is 1. The van der Waals surface area contributed by atoms with Crippen LogP contribution in [0.4, 0.5) is 0 Å². The number of rotatable bonds is 1. The first-order chi connectivity index (χ1) is 7.10. The first kappa shape index (κ1) is 10.1. The van der Waals surface area contributed by atoms with Gasteiger partial charge in [0, 0.05) is 17.5 Å². The molecule has 0 saturated heterocycles. The van der Waals surface area contributed by atoms with Gasteiger partial charge in [-0.3, -0.25) is 4.98 Å². The zero-order valence-electron chi connectivity index (χ0n) is 8.86. The summed E-state index contributed by atoms with van der Waals surface area (Å²) >= 11 is 0. The monoisotopic (exact) mass is 206 g/mol. The summed E-state index contributed by atoms with van der Waals surface area (Å²) in [6.07, 6.45) is 2.44. The Kier molecular flexibility index (Phi) is 2.23. The Labute approximate surface area is 88.4 Å². The maximum absolute atomic E-state index is 11.7. The number of ether oxygens (including phenoxy) is 1. The van der Waals surface area contributed by atoms with E-state index in [1.165, 1.54) is 7.11 Å². The van der Waals surface area contributed by atoms with Crippen molar-refractivity contribution >= 4 is 5.97 Å². The van der Waals surface area contributed by atoms with Crippen LogP contribution in [-0.4, -0.2) is 18.1 Å². The van der Waals surface area contributed by atoms with E-state index in [1.54, 1.807) is 12.3 Å². The number of fused-ring (bicyclic) bond motifs is 1. The molecule has 0 radical (unpaired) electrons. The Hall–Kier alpha value is -1.42. The maximum atomic E-state index is 11.7. The first-order valence-corrected chi connectivity index (χ1v) is 4.92. The number of pyridine rings is 1. The molecular formula is C11H14N2O2. The number of aromatic nitrogens is 1. The molecule has 0 aromatic carbocycles. The molecule has 0 bridgehead atoms. The van der Waals surface area contributed by atoms with Gasteiger partial charge in [0.1, 0.15) is 5.54 Å². The van der Waals surface area contributed by atoms with Gasteiger partial charge in [-0.1, -0.05) is 13.0 Å². The molecule has 4 nitrogen and oxygen atoms in total. The van der Waals surface area contributed by atoms with E-state index in [0.29, 0.717) is 0 Å². The Balaban J connectivity index is 2.54. The largest absolute Gasteiger partial charge is 0.467 e. The fourth-order valence-corrected chi connectivity index (χ4v) is 2.17. The summed E-state index contributed by atoms with van der Waals surface area (Å²) in [6, 6.07) is 3.64. The third-order valence-corrected chi connectivity index (χ3v) is 3.14. The number of hydrogen-bond donors (Lipinski definition) is 1. The zero-order valence-corrected chi connectivity index (χ0v) is 8.86. The molecule has 2 unspecified atom stereocenters. The summed E-state index contributed by atoms with van der Waals surface area (Å²) in [7, 11) is 1.36. The molecule has 0 amide bonds. The Morgan fingerprint density at radius 3 is 3.13 bits per heavy atom. The van der Waals surface area contributed by atoms with E-state index >= 15 is 0 Å². The molecule has 2 rings (SSSR count). The van der Waals surface area contributed by atoms with Crippen LogP contribution in [0.15, 0.2) is 18.3 Å². The summed E-state index contributed by atoms with van der Waals surface area (Å²) in [5, 5.41) is 0. The summed E-state index contributed by atoms with van der Waals surface area (Å²) in [4.78, 5) is 16.0. The average Bonchev–Trinajstić information content (AvgIpc) is 2.52. The Morgan fingerprint density at radius 1 is 1.73 bits per heavy atom. The highest BCUT2D eigenvalue weighted by molar-refractivity contribution is 5.84. The fourth-order valence-electron chi connectivity index (χ4n) is 2.17. The van der Waals surface area contributed by atoms with Gasteiger partial charge in [-0.2, -0.15) is 0 Å². The van der Waals surface area contributed by atoms with E-state index in [2.05, 4.69) is 4.98 Å². The van der Waals surface area contributed by atoms with Crippen molar-refractivity contribution in [1.82, 2.24) is 4.98 Å². The SMILES string of the molecule is COC(=O)C1(N)c2cccnc2CC1C. The van der Waals surface area contributed by atoms with E-state index in [4.69, 9.17) is 10.5 Å². The molecule has 2 atom stereocenters. The van der Waals surface area contributed by atoms with Gasteiger partial charge in [-0.25, -0.2) is 4.79 Å². The van der Waals surface area contributed by atoms with Crippen molar-refractivity contribution in [3.8, 4) is 0 Å². The van der Waals surface area contributed by atoms with E-state index in [-0.39, 0.29) is 11.9 Å². The second-order valence-corrected chi connectivity index (χ2v) is 3.96. The lowest BCUT2D eigenvalue weighted by Crippen LogP contribution is -2.48. The van der Waals surface area contributed by atoms with Crippen molar-refractivity contribution in [3.63, 3.8) is 0 Å². The lowest BCUT2D eigenvalue weighted by atomic mass is 9.86. The van der Waals surface area contributed by atoms with Crippen molar-refractivity contribution in [2.24, 2.45) is 11.7 Å². The molecule has 1 aliphatic rings. The van der Waals surface area contributed by atoms with Crippen molar-refractivity contribution < 1.29 is 9.53 Å². The summed E-state index contributed by atoms with van der Waals surface area (Å²) < 4.78 is 4.77. The minimum absolute atomic E-state index is 0.0230. The predicted molar refractivity (Wildman–Crippen MR) is 55.0 cm³/mol. The van der Waals surface area contributed by atoms with Crippen LogP contribution in [0.3, 0.4) is 0 Å². The number of nitrogens with two attached hydrogens (primary N) is 1. The van der Waals surface area contributed by atoms with Crippen LogP contribution in [-0.2, 0) is 21.5 Å². The maximum Gasteiger partial charge on any atom is 0.330 e. The average molecular weight is 206 g/mol. The molecule has 4 heteroatoms. The van der Waals surface area contributed by atoms with Gasteiger partial charge in [-0.15, -0.1) is 0 Å². The number of hydrogen-bond acceptors (Lipinski definition) is 4. The summed E-state index contributed by atoms with van der Waals surface area (Å²) in [6.45, 7) is 1.94. The van der Waals surface area contributed by atoms with Crippen molar-refractivity contribution in [2.45, 2.75) is 18.9 Å². The smallest absolute Gasteiger partial charge is 0.330 e. The lowest BCUT2D eigenvalue weighted by Gasteiger charge is -2.26. The molecule has 0 fully saturated rings. The van der Waals surface area contributed by atoms with E-state index in [9.17, 15) is 4.79 Å². The van der Waals surface area contributed by atoms with Gasteiger partial charge in [-0.05, 0) is 18.4 Å². The molecule has 1 aromatic heterocycles. The number of nitrogens with zero attached hydrogens (tertiary/aromatic N) is 1. The summed E-state index contributed by atoms with van der Waals surface area (Å²) in [5.74, 6) is -0.364. The first-order valence-electron chi connectivity index (χ1n) is 4.92. The number of esters is 1. The third kappa shape index (κ3) is 1.25. The van der Waals surface area contributed by atoms with E-state index < -0.39 is 5.54 Å². The van der Waals surface area contributed by atoms with Crippen LogP contribution >= 0.6 is 0 Å². The van der Waals surface area contributed by atoms with E-state index in [0.717, 1.165) is 17.7 Å². The molecule has 1 heterocycles. The summed E-state index contributed by atoms with van der Waals surface area (Å²) in [5.41, 5.74) is 6.82. The van der Waals surface area contributed by atoms with Crippen LogP contribution < -0.4 is 5.73 Å². The molecule has 0 saturated carbocycles. The van der Waals surface area contributed by atoms with Crippen LogP contribution in [0.2, 0.25) is 0 Å². The molecule has 1 aromatic rings. The highest BCUT2D eigenvalue weighted by Gasteiger charge is 2.49. The van der Waals surface area contributed by atoms with Crippen LogP contribution in [0.5, 0.6) is 0 Å². The molecule has 1 aliphatic carbocycles. The highest BCUT2D eigenvalue weighted by atomic mass is 16.5. The molecule has 15 heavy (non-hydrogen) atoms. The van der Waals surface area contributed by atoms with Crippen LogP contribution in [0.1, 0.15) is 18.2 Å². The molecular weight excluding hydrogens is 192 g/mol. The Bertz CT molecular complexity index is 405. The van der Waals surface area contributed by atoms with Gasteiger partial charge in [0.2, 0.25) is 0 Å². The second-order valence-electron chi connectivity index (χ2n) is 3.96. The van der Waals surface area contributed by atoms with Crippen LogP contribution in [0, 0.1) is 5.92 Å². The standard InChI is InChI=1S/C11H14N2O2/c1-7-6-9-8(4-3-5-13-9)11(7,12)10(14)15-2/h3-5,7H,6,12H2,1-2H3. The van der Waals surface area contributed by atoms with E-state index in [1.807, 2.05) is 13.0 Å². The highest BCUT2D eigenvalue weighted by Crippen LogP contribution is 2.38. The molecule has 2 N–H and O–H groups in total. The number of carbonyl (C=O) groups excluding carboxylic acids is 1. The quantitative estimate of drug-likeness (QED) is 0.683. The zero-order chi connectivity index (χ0) is 11.1. The second kappa shape index (κ2) is 3.31. The molecule has 80 valence electrons. The number of carbonyl (C=O) groups is 1. The minimum atomic E-state index is -1.03. The van der Waals surface area contributed by atoms with Gasteiger partial charge in [0.15, 0.2) is 0 Å².